The standard InChI is InChI=1S/C21H25NO6S/c1-12-6-8-17(9-7-12)29(26,27)11-10-18(24)28-16(5)21(25)20-13(2)19(15(4)23)14(3)22-20/h6-9,16,22H,10-11H2,1-5H3/t16-/m1/s1. The Hall–Kier alpha value is -2.74. The average molecular weight is 419 g/mol. The molecule has 1 heterocycles. The van der Waals surface area contributed by atoms with Crippen LogP contribution in [0.5, 0.6) is 0 Å². The monoisotopic (exact) mass is 419 g/mol. The van der Waals surface area contributed by atoms with Gasteiger partial charge in [-0.2, -0.15) is 0 Å². The number of carbonyl (C=O) groups excluding carboxylic acids is 3. The van der Waals surface area contributed by atoms with Crippen molar-refractivity contribution in [2.45, 2.75) is 52.0 Å². The van der Waals surface area contributed by atoms with Crippen LogP contribution in [0.3, 0.4) is 0 Å². The van der Waals surface area contributed by atoms with Gasteiger partial charge in [-0.15, -0.1) is 0 Å². The number of hydrogen-bond donors (Lipinski definition) is 1. The molecule has 0 aliphatic rings. The van der Waals surface area contributed by atoms with Crippen molar-refractivity contribution in [1.29, 1.82) is 0 Å². The molecule has 2 aromatic rings. The molecule has 8 heteroatoms. The highest BCUT2D eigenvalue weighted by molar-refractivity contribution is 7.91. The molecule has 0 saturated carbocycles. The van der Waals surface area contributed by atoms with Gasteiger partial charge >= 0.3 is 5.97 Å². The second-order valence-corrected chi connectivity index (χ2v) is 9.17. The Morgan fingerprint density at radius 1 is 1.07 bits per heavy atom. The molecule has 29 heavy (non-hydrogen) atoms. The number of H-pyrrole nitrogens is 1. The van der Waals surface area contributed by atoms with Crippen LogP contribution in [-0.4, -0.2) is 42.8 Å². The van der Waals surface area contributed by atoms with E-state index in [0.29, 0.717) is 16.8 Å². The van der Waals surface area contributed by atoms with Crippen molar-refractivity contribution in [3.8, 4) is 0 Å². The van der Waals surface area contributed by atoms with Gasteiger partial charge < -0.3 is 9.72 Å². The Balaban J connectivity index is 2.02. The number of carbonyl (C=O) groups is 3. The van der Waals surface area contributed by atoms with Crippen LogP contribution >= 0.6 is 0 Å². The van der Waals surface area contributed by atoms with Gasteiger partial charge in [0.25, 0.3) is 0 Å². The summed E-state index contributed by atoms with van der Waals surface area (Å²) in [5.74, 6) is -1.84. The molecule has 0 amide bonds. The Kier molecular flexibility index (Phi) is 6.79. The quantitative estimate of drug-likeness (QED) is 0.520. The van der Waals surface area contributed by atoms with Gasteiger partial charge in [0.1, 0.15) is 0 Å². The first-order valence-electron chi connectivity index (χ1n) is 9.17. The summed E-state index contributed by atoms with van der Waals surface area (Å²) < 4.78 is 29.8. The normalized spacial score (nSPS) is 12.4. The molecule has 0 spiro atoms. The number of benzene rings is 1. The first kappa shape index (κ1) is 22.5. The number of hydrogen-bond acceptors (Lipinski definition) is 6. The van der Waals surface area contributed by atoms with E-state index in [9.17, 15) is 22.8 Å². The molecule has 0 unspecified atom stereocenters. The number of aromatic nitrogens is 1. The molecule has 0 aliphatic heterocycles. The van der Waals surface area contributed by atoms with Crippen molar-refractivity contribution < 1.29 is 27.5 Å². The predicted octanol–water partition coefficient (Wildman–Crippen LogP) is 3.12. The highest BCUT2D eigenvalue weighted by Crippen LogP contribution is 2.21. The largest absolute Gasteiger partial charge is 0.454 e. The van der Waals surface area contributed by atoms with Crippen LogP contribution in [0.2, 0.25) is 0 Å². The number of ether oxygens (including phenoxy) is 1. The molecule has 0 bridgehead atoms. The van der Waals surface area contributed by atoms with E-state index in [1.54, 1.807) is 26.0 Å². The second kappa shape index (κ2) is 8.73. The molecular weight excluding hydrogens is 394 g/mol. The van der Waals surface area contributed by atoms with E-state index < -0.39 is 33.4 Å². The first-order chi connectivity index (χ1) is 13.4. The second-order valence-electron chi connectivity index (χ2n) is 7.06. The fraction of sp³-hybridized carbons (Fsp3) is 0.381. The molecule has 1 aromatic carbocycles. The van der Waals surface area contributed by atoms with E-state index in [-0.39, 0.29) is 22.8 Å². The van der Waals surface area contributed by atoms with Gasteiger partial charge in [-0.25, -0.2) is 8.42 Å². The zero-order chi connectivity index (χ0) is 21.9. The Labute approximate surface area is 170 Å². The lowest BCUT2D eigenvalue weighted by molar-refractivity contribution is -0.145. The lowest BCUT2D eigenvalue weighted by Crippen LogP contribution is -2.26. The van der Waals surface area contributed by atoms with Crippen LogP contribution in [-0.2, 0) is 19.4 Å². The van der Waals surface area contributed by atoms with Crippen molar-refractivity contribution in [3.63, 3.8) is 0 Å². The van der Waals surface area contributed by atoms with Gasteiger partial charge in [0.15, 0.2) is 21.7 Å². The van der Waals surface area contributed by atoms with Gasteiger partial charge in [-0.05, 0) is 52.3 Å². The number of ketones is 2. The zero-order valence-electron chi connectivity index (χ0n) is 17.2. The molecule has 0 fully saturated rings. The smallest absolute Gasteiger partial charge is 0.307 e. The van der Waals surface area contributed by atoms with E-state index in [4.69, 9.17) is 4.74 Å². The summed E-state index contributed by atoms with van der Waals surface area (Å²) in [5.41, 5.74) is 2.65. The molecule has 1 aromatic heterocycles. The lowest BCUT2D eigenvalue weighted by atomic mass is 10.0. The molecule has 1 atom stereocenters. The van der Waals surface area contributed by atoms with Gasteiger partial charge in [0.05, 0.1) is 22.8 Å². The maximum Gasteiger partial charge on any atom is 0.307 e. The third kappa shape index (κ3) is 5.20. The zero-order valence-corrected chi connectivity index (χ0v) is 18.0. The topological polar surface area (TPSA) is 110 Å². The summed E-state index contributed by atoms with van der Waals surface area (Å²) in [6.07, 6.45) is -1.48. The lowest BCUT2D eigenvalue weighted by Gasteiger charge is -2.12. The minimum absolute atomic E-state index is 0.134. The molecule has 1 N–H and O–H groups in total. The van der Waals surface area contributed by atoms with E-state index in [0.717, 1.165) is 5.56 Å². The number of Topliss-reactive ketones (excluding diaryl/α,β-unsaturated/α-hetero) is 2. The Bertz CT molecular complexity index is 1050. The highest BCUT2D eigenvalue weighted by Gasteiger charge is 2.26. The van der Waals surface area contributed by atoms with Crippen LogP contribution in [0.4, 0.5) is 0 Å². The van der Waals surface area contributed by atoms with Crippen LogP contribution < -0.4 is 0 Å². The molecular formula is C21H25NO6S. The molecule has 0 aliphatic carbocycles. The molecule has 0 radical (unpaired) electrons. The van der Waals surface area contributed by atoms with E-state index >= 15 is 0 Å². The molecule has 156 valence electrons. The number of aryl methyl sites for hydroxylation is 2. The maximum atomic E-state index is 12.6. The SMILES string of the molecule is CC(=O)c1c(C)[nH]c(C(=O)[C@@H](C)OC(=O)CCS(=O)(=O)c2ccc(C)cc2)c1C. The van der Waals surface area contributed by atoms with Crippen LogP contribution in [0.25, 0.3) is 0 Å². The van der Waals surface area contributed by atoms with Gasteiger partial charge in [-0.1, -0.05) is 17.7 Å². The fourth-order valence-corrected chi connectivity index (χ4v) is 4.34. The van der Waals surface area contributed by atoms with E-state index in [2.05, 4.69) is 4.98 Å². The van der Waals surface area contributed by atoms with Gasteiger partial charge in [0, 0.05) is 11.3 Å². The number of esters is 1. The van der Waals surface area contributed by atoms with Crippen molar-refractivity contribution in [1.82, 2.24) is 4.98 Å². The molecule has 7 nitrogen and oxygen atoms in total. The summed E-state index contributed by atoms with van der Waals surface area (Å²) in [6.45, 7) is 8.01. The third-order valence-electron chi connectivity index (χ3n) is 4.67. The van der Waals surface area contributed by atoms with Gasteiger partial charge in [0.2, 0.25) is 5.78 Å². The van der Waals surface area contributed by atoms with Crippen molar-refractivity contribution in [2.75, 3.05) is 5.75 Å². The summed E-state index contributed by atoms with van der Waals surface area (Å²) >= 11 is 0. The number of rotatable bonds is 8. The van der Waals surface area contributed by atoms with Gasteiger partial charge in [-0.3, -0.25) is 14.4 Å². The van der Waals surface area contributed by atoms with Crippen molar-refractivity contribution in [2.24, 2.45) is 0 Å². The summed E-state index contributed by atoms with van der Waals surface area (Å²) in [7, 11) is -3.63. The van der Waals surface area contributed by atoms with Crippen molar-refractivity contribution >= 4 is 27.4 Å². The first-order valence-corrected chi connectivity index (χ1v) is 10.8. The van der Waals surface area contributed by atoms with Crippen LogP contribution in [0, 0.1) is 20.8 Å². The predicted molar refractivity (Wildman–Crippen MR) is 108 cm³/mol. The third-order valence-corrected chi connectivity index (χ3v) is 6.40. The highest BCUT2D eigenvalue weighted by atomic mass is 32.2. The Morgan fingerprint density at radius 2 is 1.66 bits per heavy atom. The summed E-state index contributed by atoms with van der Waals surface area (Å²) in [6, 6.07) is 6.35. The number of nitrogens with one attached hydrogen (secondary N) is 1. The average Bonchev–Trinajstić information content (AvgIpc) is 2.94. The Morgan fingerprint density at radius 3 is 2.17 bits per heavy atom. The fourth-order valence-electron chi connectivity index (χ4n) is 3.12. The van der Waals surface area contributed by atoms with E-state index in [1.807, 2.05) is 6.92 Å². The minimum atomic E-state index is -3.63. The van der Waals surface area contributed by atoms with Crippen molar-refractivity contribution in [3.05, 3.63) is 52.3 Å². The summed E-state index contributed by atoms with van der Waals surface area (Å²) in [5, 5.41) is 0. The molecule has 2 rings (SSSR count). The number of aromatic amines is 1. The maximum absolute atomic E-state index is 12.6. The number of sulfone groups is 1. The van der Waals surface area contributed by atoms with Crippen LogP contribution in [0.1, 0.15) is 57.9 Å². The summed E-state index contributed by atoms with van der Waals surface area (Å²) in [4.78, 5) is 39.4. The molecule has 0 saturated heterocycles. The van der Waals surface area contributed by atoms with Crippen LogP contribution in [0.15, 0.2) is 29.2 Å². The van der Waals surface area contributed by atoms with E-state index in [1.165, 1.54) is 26.0 Å². The minimum Gasteiger partial charge on any atom is -0.454 e.